The molecule has 40 heteroatoms. The number of ether oxygens (including phenoxy) is 2. The van der Waals surface area contributed by atoms with E-state index < -0.39 is 121 Å². The molecule has 14 N–H and O–H groups in total. The van der Waals surface area contributed by atoms with Crippen molar-refractivity contribution in [2.45, 2.75) is 160 Å². The van der Waals surface area contributed by atoms with Gasteiger partial charge in [0.2, 0.25) is 29.5 Å². The van der Waals surface area contributed by atoms with Crippen LogP contribution in [0.2, 0.25) is 0 Å². The molecule has 2 aliphatic heterocycles. The minimum absolute atomic E-state index is 0.0443. The van der Waals surface area contributed by atoms with E-state index >= 15 is 0 Å². The van der Waals surface area contributed by atoms with Gasteiger partial charge in [-0.1, -0.05) is 83.5 Å². The van der Waals surface area contributed by atoms with Crippen molar-refractivity contribution in [2.75, 3.05) is 57.1 Å². The molecular formula is C66H89N10O25P3S2. The van der Waals surface area contributed by atoms with Gasteiger partial charge in [0.15, 0.2) is 0 Å². The summed E-state index contributed by atoms with van der Waals surface area (Å²) in [7, 11) is -12.3. The van der Waals surface area contributed by atoms with Gasteiger partial charge >= 0.3 is 47.1 Å². The second-order valence-electron chi connectivity index (χ2n) is 24.8. The third kappa shape index (κ3) is 27.9. The largest absolute Gasteiger partial charge is 0.490 e. The molecule has 0 radical (unpaired) electrons. The molecule has 1 aliphatic carbocycles. The monoisotopic (exact) mass is 1580 g/mol. The van der Waals surface area contributed by atoms with Crippen LogP contribution in [-0.2, 0) is 76.4 Å². The number of allylic oxidation sites excluding steroid dienone is 3. The molecule has 7 unspecified atom stereocenters. The standard InChI is InChI=1S/C66H89N10O25P3S2/c1-6-16-41-33-52-46(31-39(41)3)60(47-32-40(4)49(68-7-2)34-53(47)99-52)44-18-10-11-19-45(44)64(86)75(5)28-14-22-56(79)71-48(62(84)70-26-12-8-9-21-55(78)72-50(35-58(80)81)63(85)73-51(65(87)88)36-59(82)83)20-15-29-105-106-30-25-54(77)69-27-13-17-42-37-76(66(89)74-61(42)67)57-24-23-43(98-57)38-97-103(93,94)101-104(95,96)100-102(90,91)92/h10-11,18-19,31-34,37,43,47-48,50-51,57,60H,6-9,12,14-16,20-30,35-36,38H2,1-5H3,(H,69,77)(H,70,84)(H,71,79)(H,72,78)(H,73,85)(H,80,81)(H,82,83)(H,87,88)(H,93,94)(H,95,96)(H2,67,74,89)(H2,90,91,92)/t43-,47?,48?,50?,51?,57+,60?/m0/s1. The van der Waals surface area contributed by atoms with Crippen molar-refractivity contribution in [3.63, 3.8) is 0 Å². The van der Waals surface area contributed by atoms with E-state index in [1.807, 2.05) is 49.5 Å². The molecular weight excluding hydrogens is 1490 g/mol. The Morgan fingerprint density at radius 3 is 2.18 bits per heavy atom. The Balaban J connectivity index is 1.01. The summed E-state index contributed by atoms with van der Waals surface area (Å²) in [5, 5.41) is 40.2. The lowest BCUT2D eigenvalue weighted by molar-refractivity contribution is -0.148. The number of rotatable bonds is 42. The summed E-state index contributed by atoms with van der Waals surface area (Å²) in [5.74, 6) is -1.16. The van der Waals surface area contributed by atoms with Crippen LogP contribution in [0, 0.1) is 24.7 Å². The third-order valence-corrected chi connectivity index (χ3v) is 22.8. The van der Waals surface area contributed by atoms with E-state index in [4.69, 9.17) is 35.1 Å². The van der Waals surface area contributed by atoms with Gasteiger partial charge in [0.1, 0.15) is 41.7 Å². The molecule has 1 saturated heterocycles. The summed E-state index contributed by atoms with van der Waals surface area (Å²) in [4.78, 5) is 174. The lowest BCUT2D eigenvalue weighted by atomic mass is 9.72. The third-order valence-electron chi connectivity index (χ3n) is 16.5. The van der Waals surface area contributed by atoms with E-state index in [0.29, 0.717) is 42.9 Å². The maximum absolute atomic E-state index is 14.6. The normalized spacial score (nSPS) is 18.4. The first-order valence-corrected chi connectivity index (χ1v) is 40.8. The fourth-order valence-corrected chi connectivity index (χ4v) is 16.7. The predicted molar refractivity (Wildman–Crippen MR) is 388 cm³/mol. The molecule has 9 atom stereocenters. The van der Waals surface area contributed by atoms with Gasteiger partial charge < -0.3 is 81.6 Å². The summed E-state index contributed by atoms with van der Waals surface area (Å²) < 4.78 is 60.2. The van der Waals surface area contributed by atoms with Crippen LogP contribution in [0.15, 0.2) is 75.9 Å². The van der Waals surface area contributed by atoms with Crippen LogP contribution in [-0.4, -0.2) is 184 Å². The summed E-state index contributed by atoms with van der Waals surface area (Å²) in [6.45, 7) is 8.24. The van der Waals surface area contributed by atoms with Gasteiger partial charge in [-0.05, 0) is 107 Å². The van der Waals surface area contributed by atoms with E-state index in [-0.39, 0.29) is 106 Å². The number of amides is 6. The van der Waals surface area contributed by atoms with Crippen molar-refractivity contribution in [3.05, 3.63) is 110 Å². The first-order chi connectivity index (χ1) is 50.1. The maximum Gasteiger partial charge on any atom is 0.490 e. The molecule has 0 spiro atoms. The highest BCUT2D eigenvalue weighted by atomic mass is 33.1. The number of aliphatic imine (C=N–C) groups is 1. The Kier molecular flexibility index (Phi) is 33.9. The van der Waals surface area contributed by atoms with Crippen LogP contribution in [0.1, 0.15) is 161 Å². The molecule has 0 bridgehead atoms. The number of anilines is 1. The number of nitrogens with two attached hydrogens (primary N) is 1. The number of phosphoric ester groups is 1. The number of nitrogen functional groups attached to an aromatic ring is 1. The number of aromatic nitrogens is 2. The molecule has 3 aromatic rings. The highest BCUT2D eigenvalue weighted by Crippen LogP contribution is 2.66. The number of benzene rings is 2. The molecule has 3 heterocycles. The minimum Gasteiger partial charge on any atom is -0.481 e. The van der Waals surface area contributed by atoms with E-state index in [1.54, 1.807) is 11.9 Å². The Labute approximate surface area is 618 Å². The maximum atomic E-state index is 14.6. The Morgan fingerprint density at radius 2 is 1.49 bits per heavy atom. The van der Waals surface area contributed by atoms with Gasteiger partial charge in [0.05, 0.1) is 43.4 Å². The second kappa shape index (κ2) is 41.3. The summed E-state index contributed by atoms with van der Waals surface area (Å²) in [5.41, 5.74) is 11.6. The van der Waals surface area contributed by atoms with Crippen LogP contribution in [0.5, 0.6) is 5.75 Å². The summed E-state index contributed by atoms with van der Waals surface area (Å²) in [6, 6.07) is 7.19. The van der Waals surface area contributed by atoms with Crippen LogP contribution >= 0.6 is 45.1 Å². The molecule has 1 aromatic heterocycles. The molecule has 1 fully saturated rings. The van der Waals surface area contributed by atoms with Gasteiger partial charge in [-0.3, -0.25) is 52.4 Å². The van der Waals surface area contributed by atoms with Crippen LogP contribution in [0.3, 0.4) is 0 Å². The number of unbranched alkanes of at least 4 members (excludes halogenated alkanes) is 2. The number of aliphatic carboxylic acids is 3. The Morgan fingerprint density at radius 1 is 0.802 bits per heavy atom. The minimum atomic E-state index is -5.75. The molecule has 0 saturated carbocycles. The number of phosphoric acid groups is 3. The Hall–Kier alpha value is -8.07. The molecule has 35 nitrogen and oxygen atoms in total. The fourth-order valence-electron chi connectivity index (χ4n) is 11.5. The Bertz CT molecular complexity index is 4100. The van der Waals surface area contributed by atoms with Crippen molar-refractivity contribution < 1.29 is 114 Å². The van der Waals surface area contributed by atoms with Crippen LogP contribution < -0.4 is 42.7 Å². The number of fused-ring (bicyclic) bond motifs is 2. The van der Waals surface area contributed by atoms with Crippen molar-refractivity contribution in [2.24, 2.45) is 10.9 Å². The zero-order valence-electron chi connectivity index (χ0n) is 58.8. The number of carbonyl (C=O) groups excluding carboxylic acids is 6. The lowest BCUT2D eigenvalue weighted by Gasteiger charge is -2.38. The first kappa shape index (κ1) is 86.8. The number of carbonyl (C=O) groups is 9. The fraction of sp³-hybridized carbons (Fsp3) is 0.515. The summed E-state index contributed by atoms with van der Waals surface area (Å²) in [6.07, 6.45) is 5.21. The highest BCUT2D eigenvalue weighted by Gasteiger charge is 2.43. The zero-order chi connectivity index (χ0) is 78.1. The second-order valence-corrected chi connectivity index (χ2v) is 31.9. The molecule has 2 aromatic carbocycles. The quantitative estimate of drug-likeness (QED) is 0.0148. The van der Waals surface area contributed by atoms with Gasteiger partial charge in [0.25, 0.3) is 5.91 Å². The van der Waals surface area contributed by atoms with E-state index in [1.165, 1.54) is 33.3 Å². The SMILES string of the molecule is CCCc1cc2c(cc1C)C(c1ccccc1C(=O)N(C)CCCC(=O)NC(CCCSSCCC(=O)NCC#Cc1cn([C@H]3CC[C@@H](COP(=O)(O)OP(=O)(O)OP(=O)(O)O)O3)c(=O)nc1N)C(=O)NCCCCCC(=O)NC(CC(=O)O)C(=O)NC(CC(=O)O)C(=O)O)C1C=C(C)C(=NCC)C=C1O2. The number of nitrogens with zero attached hydrogens (tertiary/aromatic N) is 4. The first-order valence-electron chi connectivity index (χ1n) is 33.8. The van der Waals surface area contributed by atoms with Gasteiger partial charge in [0, 0.05) is 92.7 Å². The molecule has 106 heavy (non-hydrogen) atoms. The van der Waals surface area contributed by atoms with Gasteiger partial charge in [-0.25, -0.2) is 23.3 Å². The number of hydrogen-bond acceptors (Lipinski definition) is 23. The van der Waals surface area contributed by atoms with E-state index in [9.17, 15) is 81.6 Å². The highest BCUT2D eigenvalue weighted by molar-refractivity contribution is 8.76. The molecule has 6 amide bonds. The lowest BCUT2D eigenvalue weighted by Crippen LogP contribution is -2.52. The topological polar surface area (TPSA) is 529 Å². The number of nitrogens with one attached hydrogen (secondary N) is 5. The zero-order valence-corrected chi connectivity index (χ0v) is 63.1. The van der Waals surface area contributed by atoms with E-state index in [0.717, 1.165) is 56.9 Å². The number of carboxylic acid groups (broad SMARTS) is 3. The smallest absolute Gasteiger partial charge is 0.481 e. The number of carboxylic acids is 3. The average Bonchev–Trinajstić information content (AvgIpc) is 0.817. The van der Waals surface area contributed by atoms with Crippen molar-refractivity contribution in [1.82, 2.24) is 41.0 Å². The number of aryl methyl sites for hydroxylation is 2. The number of hydrogen-bond donors (Lipinski definition) is 13. The van der Waals surface area contributed by atoms with Crippen LogP contribution in [0.4, 0.5) is 5.82 Å². The predicted octanol–water partition coefficient (Wildman–Crippen LogP) is 5.29. The van der Waals surface area contributed by atoms with Crippen LogP contribution in [0.25, 0.3) is 0 Å². The van der Waals surface area contributed by atoms with E-state index in [2.05, 4.69) is 83.3 Å². The average molecular weight is 1580 g/mol. The molecule has 6 rings (SSSR count). The van der Waals surface area contributed by atoms with Crippen molar-refractivity contribution >= 4 is 110 Å². The summed E-state index contributed by atoms with van der Waals surface area (Å²) >= 11 is 0. The van der Waals surface area contributed by atoms with Crippen molar-refractivity contribution in [3.8, 4) is 17.6 Å². The van der Waals surface area contributed by atoms with Crippen molar-refractivity contribution in [1.29, 1.82) is 0 Å². The van der Waals surface area contributed by atoms with Gasteiger partial charge in [-0.2, -0.15) is 13.6 Å². The van der Waals surface area contributed by atoms with Gasteiger partial charge in [-0.15, -0.1) is 0 Å². The molecule has 3 aliphatic rings. The molecule has 580 valence electrons.